The highest BCUT2D eigenvalue weighted by Crippen LogP contribution is 2.68. The second-order valence-corrected chi connectivity index (χ2v) is 14.3. The van der Waals surface area contributed by atoms with Crippen LogP contribution in [0.25, 0.3) is 0 Å². The molecular weight excluding hydrogens is 604 g/mol. The molecular formula is C37H50O10. The van der Waals surface area contributed by atoms with Gasteiger partial charge in [-0.1, -0.05) is 76.6 Å². The summed E-state index contributed by atoms with van der Waals surface area (Å²) in [5.74, 6) is -4.82. The van der Waals surface area contributed by atoms with Gasteiger partial charge in [-0.2, -0.15) is 0 Å². The van der Waals surface area contributed by atoms with Gasteiger partial charge in [0.05, 0.1) is 17.3 Å². The molecule has 2 aliphatic carbocycles. The number of hydrogen-bond acceptors (Lipinski definition) is 10. The third kappa shape index (κ3) is 5.60. The fraction of sp³-hybridized carbons (Fsp3) is 0.622. The van der Waals surface area contributed by atoms with Gasteiger partial charge < -0.3 is 39.7 Å². The summed E-state index contributed by atoms with van der Waals surface area (Å²) >= 11 is 0. The van der Waals surface area contributed by atoms with Gasteiger partial charge >= 0.3 is 11.9 Å². The molecule has 0 unspecified atom stereocenters. The zero-order valence-corrected chi connectivity index (χ0v) is 27.7. The number of hydrogen-bond donors (Lipinski definition) is 5. The monoisotopic (exact) mass is 654 g/mol. The smallest absolute Gasteiger partial charge is 0.338 e. The summed E-state index contributed by atoms with van der Waals surface area (Å²) in [6, 6.07) is 8.13. The minimum Gasteiger partial charge on any atom is -0.459 e. The van der Waals surface area contributed by atoms with Crippen molar-refractivity contribution in [1.82, 2.24) is 0 Å². The Kier molecular flexibility index (Phi) is 9.97. The number of ether oxygens (including phenoxy) is 3. The molecule has 12 atom stereocenters. The van der Waals surface area contributed by atoms with Crippen molar-refractivity contribution in [2.24, 2.45) is 23.7 Å². The largest absolute Gasteiger partial charge is 0.459 e. The van der Waals surface area contributed by atoms with Crippen molar-refractivity contribution in [3.05, 3.63) is 72.4 Å². The topological polar surface area (TPSA) is 163 Å². The van der Waals surface area contributed by atoms with Crippen LogP contribution in [0, 0.1) is 23.7 Å². The summed E-state index contributed by atoms with van der Waals surface area (Å²) in [4.78, 5) is 26.1. The van der Waals surface area contributed by atoms with E-state index in [1.807, 2.05) is 13.0 Å². The third-order valence-electron chi connectivity index (χ3n) is 11.4. The molecule has 10 heteroatoms. The number of aliphatic hydroxyl groups is 5. The van der Waals surface area contributed by atoms with E-state index in [4.69, 9.17) is 14.2 Å². The Bertz CT molecular complexity index is 1390. The molecule has 4 fully saturated rings. The van der Waals surface area contributed by atoms with Crippen molar-refractivity contribution in [1.29, 1.82) is 0 Å². The molecule has 258 valence electrons. The summed E-state index contributed by atoms with van der Waals surface area (Å²) in [6.07, 6.45) is 4.84. The number of rotatable bonds is 11. The van der Waals surface area contributed by atoms with Gasteiger partial charge in [0.25, 0.3) is 0 Å². The Balaban J connectivity index is 1.52. The van der Waals surface area contributed by atoms with Crippen molar-refractivity contribution in [3.8, 4) is 0 Å². The highest BCUT2D eigenvalue weighted by Gasteiger charge is 2.84. The number of esters is 2. The van der Waals surface area contributed by atoms with Gasteiger partial charge in [0, 0.05) is 17.9 Å². The van der Waals surface area contributed by atoms with E-state index in [0.29, 0.717) is 0 Å². The summed E-state index contributed by atoms with van der Waals surface area (Å²) in [5.41, 5.74) is -7.31. The number of carbonyl (C=O) groups excluding carboxylic acids is 2. The van der Waals surface area contributed by atoms with Crippen LogP contribution in [0.4, 0.5) is 0 Å². The van der Waals surface area contributed by atoms with Crippen molar-refractivity contribution in [2.45, 2.75) is 113 Å². The second kappa shape index (κ2) is 13.2. The maximum Gasteiger partial charge on any atom is 0.338 e. The summed E-state index contributed by atoms with van der Waals surface area (Å²) in [6.45, 7) is 10.4. The molecule has 5 rings (SSSR count). The Morgan fingerprint density at radius 3 is 2.45 bits per heavy atom. The van der Waals surface area contributed by atoms with Gasteiger partial charge in [-0.05, 0) is 62.1 Å². The van der Waals surface area contributed by atoms with E-state index in [-0.39, 0.29) is 24.0 Å². The van der Waals surface area contributed by atoms with Crippen LogP contribution in [0.1, 0.15) is 76.6 Å². The summed E-state index contributed by atoms with van der Waals surface area (Å²) in [7, 11) is 0. The molecule has 0 aromatic heterocycles. The number of carbonyl (C=O) groups is 2. The minimum absolute atomic E-state index is 0.0422. The molecule has 1 aromatic carbocycles. The van der Waals surface area contributed by atoms with E-state index in [0.717, 1.165) is 25.7 Å². The number of benzene rings is 1. The van der Waals surface area contributed by atoms with Crippen LogP contribution in [-0.2, 0) is 19.0 Å². The van der Waals surface area contributed by atoms with E-state index in [1.165, 1.54) is 6.08 Å². The molecule has 0 radical (unpaired) electrons. The Labute approximate surface area is 276 Å². The average molecular weight is 655 g/mol. The molecule has 1 aromatic rings. The Morgan fingerprint density at radius 2 is 1.79 bits per heavy atom. The number of fused-ring (bicyclic) bond motifs is 4. The van der Waals surface area contributed by atoms with Crippen molar-refractivity contribution in [2.75, 3.05) is 6.61 Å². The van der Waals surface area contributed by atoms with E-state index in [9.17, 15) is 35.1 Å². The van der Waals surface area contributed by atoms with Gasteiger partial charge in [0.1, 0.15) is 36.1 Å². The maximum absolute atomic E-state index is 13.1. The van der Waals surface area contributed by atoms with E-state index < -0.39 is 89.0 Å². The number of unbranched alkanes of at least 4 members (excludes halogenated alkanes) is 3. The lowest BCUT2D eigenvalue weighted by Gasteiger charge is -2.62. The first kappa shape index (κ1) is 35.4. The first-order valence-corrected chi connectivity index (χ1v) is 16.8. The summed E-state index contributed by atoms with van der Waals surface area (Å²) < 4.78 is 18.1. The molecule has 2 heterocycles. The van der Waals surface area contributed by atoms with Crippen molar-refractivity contribution in [3.63, 3.8) is 0 Å². The van der Waals surface area contributed by atoms with E-state index in [2.05, 4.69) is 13.5 Å². The lowest BCUT2D eigenvalue weighted by Crippen LogP contribution is -2.75. The van der Waals surface area contributed by atoms with Gasteiger partial charge in [-0.25, -0.2) is 9.59 Å². The zero-order valence-electron chi connectivity index (χ0n) is 27.7. The third-order valence-corrected chi connectivity index (χ3v) is 11.4. The van der Waals surface area contributed by atoms with E-state index in [1.54, 1.807) is 56.3 Å². The Hall–Kier alpha value is -2.86. The molecule has 4 aliphatic rings. The molecule has 2 saturated carbocycles. The maximum atomic E-state index is 13.1. The van der Waals surface area contributed by atoms with Crippen LogP contribution < -0.4 is 0 Å². The van der Waals surface area contributed by atoms with Crippen LogP contribution in [0.5, 0.6) is 0 Å². The first-order chi connectivity index (χ1) is 22.2. The zero-order chi connectivity index (χ0) is 34.4. The van der Waals surface area contributed by atoms with Gasteiger partial charge in [-0.15, -0.1) is 0 Å². The van der Waals surface area contributed by atoms with Crippen LogP contribution in [-0.4, -0.2) is 90.9 Å². The minimum atomic E-state index is -2.36. The van der Waals surface area contributed by atoms with Crippen LogP contribution in [0.2, 0.25) is 0 Å². The average Bonchev–Trinajstić information content (AvgIpc) is 3.43. The Morgan fingerprint density at radius 1 is 1.09 bits per heavy atom. The van der Waals surface area contributed by atoms with Crippen LogP contribution >= 0.6 is 0 Å². The standard InChI is InChI=1S/C37H50O10/c1-6-7-8-9-10-11-15-18-27(38)46-30-23(4)19-26-36(44)24(5)20-34(42,22(2)3)29(39)28(36)31-35(43,33(41)37(26,30)47-31)21-45-32(40)25-16-13-12-14-17-25/h10-18,23-24,26,28-31,33,39,41-44H,2,6-9,19-21H2,1,3-5H3/b11-10+,18-15+/t23-,24+,26-,28+,29+,30-,31+,33+,34+,35-,36-,37+/m0/s1. The van der Waals surface area contributed by atoms with Crippen molar-refractivity contribution < 1.29 is 49.3 Å². The van der Waals surface area contributed by atoms with E-state index >= 15 is 0 Å². The van der Waals surface area contributed by atoms with Gasteiger partial charge in [0.2, 0.25) is 0 Å². The fourth-order valence-corrected chi connectivity index (χ4v) is 8.92. The van der Waals surface area contributed by atoms with Gasteiger partial charge in [-0.3, -0.25) is 0 Å². The lowest BCUT2D eigenvalue weighted by atomic mass is 9.52. The second-order valence-electron chi connectivity index (χ2n) is 14.3. The number of aliphatic hydroxyl groups excluding tert-OH is 2. The molecule has 0 amide bonds. The molecule has 2 aliphatic heterocycles. The quantitative estimate of drug-likeness (QED) is 0.0786. The predicted octanol–water partition coefficient (Wildman–Crippen LogP) is 3.40. The normalized spacial score (nSPS) is 42.3. The van der Waals surface area contributed by atoms with Crippen LogP contribution in [0.15, 0.2) is 66.8 Å². The molecule has 2 bridgehead atoms. The molecule has 5 N–H and O–H groups in total. The molecule has 10 nitrogen and oxygen atoms in total. The molecule has 2 saturated heterocycles. The summed E-state index contributed by atoms with van der Waals surface area (Å²) in [5, 5.41) is 60.8. The van der Waals surface area contributed by atoms with Crippen LogP contribution in [0.3, 0.4) is 0 Å². The predicted molar refractivity (Wildman–Crippen MR) is 173 cm³/mol. The highest BCUT2D eigenvalue weighted by molar-refractivity contribution is 5.89. The SMILES string of the molecule is C=C(C)[C@]1(O)C[C@@H](C)[C@@]2(O)[C@@H]([C@H]3O[C@@]4([C@H](O)[C@]3(O)COC(=O)c3ccccc3)[C@@H](OC(=O)/C=C/C=C/CCCCC)[C@@H](C)C[C@@H]24)[C@H]1O. The molecule has 47 heavy (non-hydrogen) atoms. The van der Waals surface area contributed by atoms with Crippen molar-refractivity contribution >= 4 is 11.9 Å². The number of allylic oxidation sites excluding steroid dienone is 3. The fourth-order valence-electron chi connectivity index (χ4n) is 8.92. The van der Waals surface area contributed by atoms with Gasteiger partial charge in [0.15, 0.2) is 5.60 Å². The molecule has 1 spiro atoms. The lowest BCUT2D eigenvalue weighted by molar-refractivity contribution is -0.325. The highest BCUT2D eigenvalue weighted by atomic mass is 16.6. The first-order valence-electron chi connectivity index (χ1n) is 16.8.